The first-order valence-corrected chi connectivity index (χ1v) is 14.8. The zero-order chi connectivity index (χ0) is 30.9. The summed E-state index contributed by atoms with van der Waals surface area (Å²) in [6.07, 6.45) is 10.5. The fourth-order valence-electron chi connectivity index (χ4n) is 5.95. The second-order valence-corrected chi connectivity index (χ2v) is 11.1. The smallest absolute Gasteiger partial charge is 0.330 e. The van der Waals surface area contributed by atoms with Crippen LogP contribution in [0.1, 0.15) is 55.9 Å². The Balaban J connectivity index is 1.43. The third-order valence-corrected chi connectivity index (χ3v) is 8.20. The van der Waals surface area contributed by atoms with E-state index in [2.05, 4.69) is 37.6 Å². The number of piperidine rings is 2. The molecule has 232 valence electrons. The molecule has 13 nitrogen and oxygen atoms in total. The number of ether oxygens (including phenoxy) is 1. The van der Waals surface area contributed by atoms with Crippen LogP contribution >= 0.6 is 0 Å². The van der Waals surface area contributed by atoms with Gasteiger partial charge in [-0.1, -0.05) is 19.4 Å². The average molecular weight is 596 g/mol. The molecule has 0 radical (unpaired) electrons. The molecule has 5 atom stereocenters. The van der Waals surface area contributed by atoms with Crippen molar-refractivity contribution in [2.75, 3.05) is 25.5 Å². The molecule has 0 aromatic carbocycles. The van der Waals surface area contributed by atoms with Crippen LogP contribution in [0.2, 0.25) is 0 Å². The van der Waals surface area contributed by atoms with E-state index in [4.69, 9.17) is 0 Å². The quantitative estimate of drug-likeness (QED) is 0.246. The highest BCUT2D eigenvalue weighted by Gasteiger charge is 2.38. The maximum Gasteiger partial charge on any atom is 0.330 e. The minimum atomic E-state index is -1.04. The maximum absolute atomic E-state index is 13.3. The minimum absolute atomic E-state index is 0.0202. The van der Waals surface area contributed by atoms with E-state index in [1.54, 1.807) is 13.1 Å². The van der Waals surface area contributed by atoms with Crippen LogP contribution in [0, 0.1) is 11.8 Å². The number of nitrogens with zero attached hydrogens (tertiary/aromatic N) is 4. The molecular formula is C30H41N7O6. The van der Waals surface area contributed by atoms with Crippen LogP contribution in [-0.4, -0.2) is 75.3 Å². The van der Waals surface area contributed by atoms with Gasteiger partial charge in [0.05, 0.1) is 13.3 Å². The van der Waals surface area contributed by atoms with Gasteiger partial charge in [0.15, 0.2) is 0 Å². The predicted octanol–water partition coefficient (Wildman–Crippen LogP) is 1.41. The van der Waals surface area contributed by atoms with E-state index < -0.39 is 29.4 Å². The van der Waals surface area contributed by atoms with Crippen LogP contribution < -0.4 is 21.5 Å². The molecule has 2 aromatic rings. The number of aromatic nitrogens is 3. The van der Waals surface area contributed by atoms with Gasteiger partial charge in [-0.3, -0.25) is 28.8 Å². The van der Waals surface area contributed by atoms with Crippen LogP contribution in [0.3, 0.4) is 0 Å². The van der Waals surface area contributed by atoms with E-state index in [9.17, 15) is 24.0 Å². The number of allylic oxidation sites excluding steroid dienone is 1. The third-order valence-electron chi connectivity index (χ3n) is 8.20. The van der Waals surface area contributed by atoms with Gasteiger partial charge in [-0.2, -0.15) is 5.10 Å². The Kier molecular flexibility index (Phi) is 10.9. The summed E-state index contributed by atoms with van der Waals surface area (Å²) in [5.74, 6) is -0.900. The van der Waals surface area contributed by atoms with Crippen molar-refractivity contribution in [2.24, 2.45) is 18.9 Å². The van der Waals surface area contributed by atoms with Crippen molar-refractivity contribution < 1.29 is 23.9 Å². The first-order valence-electron chi connectivity index (χ1n) is 14.8. The number of nitrogens with one attached hydrogen (secondary N) is 3. The molecule has 2 aliphatic heterocycles. The fourth-order valence-corrected chi connectivity index (χ4v) is 5.95. The summed E-state index contributed by atoms with van der Waals surface area (Å²) in [4.78, 5) is 66.3. The normalized spacial score (nSPS) is 22.0. The molecular weight excluding hydrogens is 554 g/mol. The zero-order valence-electron chi connectivity index (χ0n) is 25.0. The summed E-state index contributed by atoms with van der Waals surface area (Å²) >= 11 is 0. The summed E-state index contributed by atoms with van der Waals surface area (Å²) in [6.45, 7) is 3.89. The van der Waals surface area contributed by atoms with Crippen molar-refractivity contribution in [2.45, 2.75) is 64.2 Å². The number of esters is 1. The lowest BCUT2D eigenvalue weighted by atomic mass is 9.80. The summed E-state index contributed by atoms with van der Waals surface area (Å²) in [7, 11) is 2.86. The highest BCUT2D eigenvalue weighted by molar-refractivity contribution is 6.00. The molecule has 4 rings (SSSR count). The Bertz CT molecular complexity index is 1400. The largest absolute Gasteiger partial charge is 0.466 e. The fraction of sp³-hybridized carbons (Fsp3) is 0.533. The number of carbonyl (C=O) groups is 4. The van der Waals surface area contributed by atoms with E-state index in [0.29, 0.717) is 11.8 Å². The molecule has 5 unspecified atom stereocenters. The maximum atomic E-state index is 13.3. The monoisotopic (exact) mass is 595 g/mol. The third kappa shape index (κ3) is 8.19. The lowest BCUT2D eigenvalue weighted by molar-refractivity contribution is -0.134. The van der Waals surface area contributed by atoms with Crippen molar-refractivity contribution in [3.63, 3.8) is 0 Å². The number of pyridine rings is 1. The van der Waals surface area contributed by atoms with Crippen molar-refractivity contribution in [3.05, 3.63) is 58.8 Å². The Labute approximate surface area is 250 Å². The minimum Gasteiger partial charge on any atom is -0.466 e. The standard InChI is InChI=1S/C30H41N7O6/c1-4-21-17-20-9-7-15-36(18-20)27(21)34-25(38)19-37-16-8-11-23(30(37)42)33-28(40)22(10-5-6-12-26(39)43-3)32-29(41)24-13-14-31-35(24)2/h6,8,11-14,16,20-22,27H,4-5,7,9-10,15,17-19H2,1-3H3,(H,32,41)(H,33,40)(H,34,38)/b12-6+. The highest BCUT2D eigenvalue weighted by atomic mass is 16.5. The molecule has 3 N–H and O–H groups in total. The molecule has 2 bridgehead atoms. The van der Waals surface area contributed by atoms with E-state index in [1.807, 2.05) is 0 Å². The number of methoxy groups -OCH3 is 1. The number of aryl methyl sites for hydroxylation is 1. The molecule has 4 heterocycles. The number of carbonyl (C=O) groups excluding carboxylic acids is 4. The Morgan fingerprint density at radius 1 is 1.23 bits per heavy atom. The first-order chi connectivity index (χ1) is 20.7. The van der Waals surface area contributed by atoms with Gasteiger partial charge in [0.2, 0.25) is 11.8 Å². The number of hydrogen-bond donors (Lipinski definition) is 3. The van der Waals surface area contributed by atoms with Crippen molar-refractivity contribution in [3.8, 4) is 0 Å². The molecule has 2 aromatic heterocycles. The van der Waals surface area contributed by atoms with Crippen LogP contribution in [0.25, 0.3) is 0 Å². The Morgan fingerprint density at radius 2 is 2.05 bits per heavy atom. The van der Waals surface area contributed by atoms with Gasteiger partial charge in [0, 0.05) is 38.6 Å². The molecule has 13 heteroatoms. The second kappa shape index (κ2) is 14.8. The average Bonchev–Trinajstić information content (AvgIpc) is 3.43. The molecule has 2 fully saturated rings. The molecule has 43 heavy (non-hydrogen) atoms. The first kappa shape index (κ1) is 31.7. The topological polar surface area (TPSA) is 157 Å². The van der Waals surface area contributed by atoms with Gasteiger partial charge in [0.25, 0.3) is 11.5 Å². The predicted molar refractivity (Wildman–Crippen MR) is 159 cm³/mol. The van der Waals surface area contributed by atoms with Crippen molar-refractivity contribution in [1.29, 1.82) is 0 Å². The number of rotatable bonds is 12. The van der Waals surface area contributed by atoms with Crippen LogP contribution in [-0.2, 0) is 32.7 Å². The zero-order valence-corrected chi connectivity index (χ0v) is 25.0. The van der Waals surface area contributed by atoms with Crippen LogP contribution in [0.15, 0.2) is 47.5 Å². The number of amides is 3. The SMILES string of the molecule is CCC1CC2CCCN(C2)C1NC(=O)Cn1cccc(NC(=O)C(CC/C=C/C(=O)OC)NC(=O)c2ccnn2C)c1=O. The molecule has 3 amide bonds. The van der Waals surface area contributed by atoms with E-state index in [0.717, 1.165) is 32.4 Å². The molecule has 2 aliphatic rings. The van der Waals surface area contributed by atoms with E-state index in [-0.39, 0.29) is 42.8 Å². The highest BCUT2D eigenvalue weighted by Crippen LogP contribution is 2.34. The van der Waals surface area contributed by atoms with Gasteiger partial charge >= 0.3 is 5.97 Å². The summed E-state index contributed by atoms with van der Waals surface area (Å²) in [5.41, 5.74) is -0.311. The Morgan fingerprint density at radius 3 is 2.77 bits per heavy atom. The van der Waals surface area contributed by atoms with Gasteiger partial charge < -0.3 is 25.3 Å². The van der Waals surface area contributed by atoms with Crippen LogP contribution in [0.4, 0.5) is 5.69 Å². The van der Waals surface area contributed by atoms with Crippen molar-refractivity contribution >= 4 is 29.4 Å². The second-order valence-electron chi connectivity index (χ2n) is 11.1. The van der Waals surface area contributed by atoms with Crippen LogP contribution in [0.5, 0.6) is 0 Å². The van der Waals surface area contributed by atoms with Crippen molar-refractivity contribution in [1.82, 2.24) is 29.9 Å². The van der Waals surface area contributed by atoms with Gasteiger partial charge in [-0.05, 0) is 62.1 Å². The molecule has 0 aliphatic carbocycles. The number of hydrogen-bond acceptors (Lipinski definition) is 8. The summed E-state index contributed by atoms with van der Waals surface area (Å²) < 4.78 is 7.22. The molecule has 0 spiro atoms. The summed E-state index contributed by atoms with van der Waals surface area (Å²) in [6, 6.07) is 3.51. The van der Waals surface area contributed by atoms with E-state index in [1.165, 1.54) is 59.5 Å². The number of anilines is 1. The number of fused-ring (bicyclic) bond motifs is 2. The molecule has 0 saturated carbocycles. The van der Waals surface area contributed by atoms with E-state index >= 15 is 0 Å². The van der Waals surface area contributed by atoms with Gasteiger partial charge in [0.1, 0.15) is 24.0 Å². The lowest BCUT2D eigenvalue weighted by Crippen LogP contribution is -2.59. The molecule has 2 saturated heterocycles. The Hall–Kier alpha value is -4.26. The van der Waals surface area contributed by atoms with Gasteiger partial charge in [-0.25, -0.2) is 4.79 Å². The summed E-state index contributed by atoms with van der Waals surface area (Å²) in [5, 5.41) is 12.4. The van der Waals surface area contributed by atoms with Gasteiger partial charge in [-0.15, -0.1) is 0 Å². The lowest BCUT2D eigenvalue weighted by Gasteiger charge is -2.48.